The molecule has 1 aromatic carbocycles. The fraction of sp³-hybridized carbons (Fsp3) is 0.312. The minimum atomic E-state index is -0.236. The van der Waals surface area contributed by atoms with Gasteiger partial charge in [-0.1, -0.05) is 19.1 Å². The van der Waals surface area contributed by atoms with Gasteiger partial charge in [0.2, 0.25) is 5.95 Å². The van der Waals surface area contributed by atoms with Crippen LogP contribution in [0.1, 0.15) is 30.8 Å². The van der Waals surface area contributed by atoms with Crippen LogP contribution in [-0.4, -0.2) is 25.2 Å². The molecule has 6 nitrogen and oxygen atoms in total. The third-order valence-corrected chi connectivity index (χ3v) is 3.52. The van der Waals surface area contributed by atoms with E-state index in [9.17, 15) is 4.79 Å². The number of carbonyl (C=O) groups excluding carboxylic acids is 1. The van der Waals surface area contributed by atoms with Crippen LogP contribution >= 0.6 is 0 Å². The number of anilines is 1. The average molecular weight is 297 g/mol. The van der Waals surface area contributed by atoms with Crippen molar-refractivity contribution in [3.8, 4) is 0 Å². The summed E-state index contributed by atoms with van der Waals surface area (Å²) in [6, 6.07) is 9.60. The molecule has 2 aromatic heterocycles. The summed E-state index contributed by atoms with van der Waals surface area (Å²) >= 11 is 0. The van der Waals surface area contributed by atoms with Crippen LogP contribution in [0, 0.1) is 0 Å². The zero-order valence-electron chi connectivity index (χ0n) is 12.8. The molecule has 114 valence electrons. The van der Waals surface area contributed by atoms with Crippen molar-refractivity contribution in [2.45, 2.75) is 33.4 Å². The fourth-order valence-electron chi connectivity index (χ4n) is 2.45. The maximum atomic E-state index is 12.3. The van der Waals surface area contributed by atoms with Gasteiger partial charge in [0.15, 0.2) is 5.69 Å². The maximum absolute atomic E-state index is 12.3. The summed E-state index contributed by atoms with van der Waals surface area (Å²) in [6.45, 7) is 5.62. The number of para-hydroxylation sites is 2. The Bertz CT molecular complexity index is 802. The van der Waals surface area contributed by atoms with Gasteiger partial charge >= 0.3 is 0 Å². The number of carbonyl (C=O) groups is 1. The molecular formula is C16H19N5O. The lowest BCUT2D eigenvalue weighted by molar-refractivity contribution is 0.102. The van der Waals surface area contributed by atoms with Crippen molar-refractivity contribution in [1.82, 2.24) is 19.3 Å². The predicted octanol–water partition coefficient (Wildman–Crippen LogP) is 2.92. The molecular weight excluding hydrogens is 278 g/mol. The van der Waals surface area contributed by atoms with E-state index in [0.29, 0.717) is 11.6 Å². The van der Waals surface area contributed by atoms with Gasteiger partial charge in [0.25, 0.3) is 5.91 Å². The van der Waals surface area contributed by atoms with E-state index in [1.165, 1.54) is 0 Å². The largest absolute Gasteiger partial charge is 0.310 e. The van der Waals surface area contributed by atoms with Gasteiger partial charge in [0.1, 0.15) is 0 Å². The van der Waals surface area contributed by atoms with E-state index in [2.05, 4.69) is 22.3 Å². The van der Waals surface area contributed by atoms with Gasteiger partial charge in [-0.3, -0.25) is 14.8 Å². The van der Waals surface area contributed by atoms with Crippen LogP contribution in [0.2, 0.25) is 0 Å². The number of aromatic nitrogens is 4. The Kier molecular flexibility index (Phi) is 3.91. The molecule has 0 saturated heterocycles. The van der Waals surface area contributed by atoms with Crippen LogP contribution in [0.15, 0.2) is 36.5 Å². The van der Waals surface area contributed by atoms with Crippen LogP contribution in [0.3, 0.4) is 0 Å². The maximum Gasteiger partial charge on any atom is 0.278 e. The molecule has 6 heteroatoms. The van der Waals surface area contributed by atoms with E-state index < -0.39 is 0 Å². The highest BCUT2D eigenvalue weighted by Gasteiger charge is 2.15. The molecule has 1 N–H and O–H groups in total. The van der Waals surface area contributed by atoms with Crippen LogP contribution in [0.4, 0.5) is 5.95 Å². The average Bonchev–Trinajstić information content (AvgIpc) is 3.13. The number of nitrogens with one attached hydrogen (secondary N) is 1. The number of nitrogens with zero attached hydrogens (tertiary/aromatic N) is 4. The number of rotatable bonds is 5. The smallest absolute Gasteiger partial charge is 0.278 e. The van der Waals surface area contributed by atoms with E-state index >= 15 is 0 Å². The number of hydrogen-bond acceptors (Lipinski definition) is 3. The van der Waals surface area contributed by atoms with Gasteiger partial charge in [-0.15, -0.1) is 0 Å². The van der Waals surface area contributed by atoms with Crippen LogP contribution in [-0.2, 0) is 13.1 Å². The summed E-state index contributed by atoms with van der Waals surface area (Å²) in [6.07, 6.45) is 2.76. The molecule has 0 saturated carbocycles. The van der Waals surface area contributed by atoms with Crippen molar-refractivity contribution < 1.29 is 4.79 Å². The second-order valence-electron chi connectivity index (χ2n) is 5.09. The van der Waals surface area contributed by atoms with E-state index in [1.54, 1.807) is 16.9 Å². The first-order valence-electron chi connectivity index (χ1n) is 7.53. The first-order valence-corrected chi connectivity index (χ1v) is 7.53. The predicted molar refractivity (Wildman–Crippen MR) is 85.9 cm³/mol. The molecule has 0 atom stereocenters. The topological polar surface area (TPSA) is 64.7 Å². The van der Waals surface area contributed by atoms with Crippen LogP contribution in [0.5, 0.6) is 0 Å². The fourth-order valence-corrected chi connectivity index (χ4v) is 2.45. The Morgan fingerprint density at radius 1 is 1.23 bits per heavy atom. The van der Waals surface area contributed by atoms with Gasteiger partial charge in [-0.25, -0.2) is 4.98 Å². The molecule has 1 amide bonds. The minimum absolute atomic E-state index is 0.236. The van der Waals surface area contributed by atoms with E-state index in [-0.39, 0.29) is 5.91 Å². The molecule has 22 heavy (non-hydrogen) atoms. The summed E-state index contributed by atoms with van der Waals surface area (Å²) in [7, 11) is 0. The Hall–Kier alpha value is -2.63. The lowest BCUT2D eigenvalue weighted by Crippen LogP contribution is -2.17. The van der Waals surface area contributed by atoms with E-state index in [1.807, 2.05) is 35.8 Å². The number of hydrogen-bond donors (Lipinski definition) is 1. The Labute approximate surface area is 128 Å². The molecule has 0 fully saturated rings. The lowest BCUT2D eigenvalue weighted by Gasteiger charge is -2.07. The zero-order valence-corrected chi connectivity index (χ0v) is 12.8. The number of benzene rings is 1. The van der Waals surface area contributed by atoms with E-state index in [0.717, 1.165) is 30.5 Å². The summed E-state index contributed by atoms with van der Waals surface area (Å²) in [5.41, 5.74) is 2.31. The molecule has 0 unspecified atom stereocenters. The number of fused-ring (bicyclic) bond motifs is 1. The Balaban J connectivity index is 1.92. The van der Waals surface area contributed by atoms with Gasteiger partial charge in [0, 0.05) is 19.3 Å². The highest BCUT2D eigenvalue weighted by molar-refractivity contribution is 6.02. The minimum Gasteiger partial charge on any atom is -0.310 e. The number of imidazole rings is 1. The van der Waals surface area contributed by atoms with Crippen molar-refractivity contribution in [3.63, 3.8) is 0 Å². The first kappa shape index (κ1) is 14.3. The van der Waals surface area contributed by atoms with Gasteiger partial charge in [-0.05, 0) is 31.5 Å². The third-order valence-electron chi connectivity index (χ3n) is 3.52. The molecule has 2 heterocycles. The molecule has 0 aliphatic rings. The molecule has 0 aliphatic heterocycles. The summed E-state index contributed by atoms with van der Waals surface area (Å²) in [4.78, 5) is 16.9. The Morgan fingerprint density at radius 2 is 2.05 bits per heavy atom. The number of amides is 1. The first-order chi connectivity index (χ1) is 10.7. The molecule has 3 aromatic rings. The standard InChI is InChI=1S/C16H19N5O/c1-3-10-21-14-8-6-5-7-12(14)17-16(21)18-15(22)13-9-11-20(4-2)19-13/h5-9,11H,3-4,10H2,1-2H3,(H,17,18,22). The summed E-state index contributed by atoms with van der Waals surface area (Å²) in [5.74, 6) is 0.332. The van der Waals surface area contributed by atoms with Crippen LogP contribution < -0.4 is 5.32 Å². The van der Waals surface area contributed by atoms with Gasteiger partial charge in [-0.2, -0.15) is 5.10 Å². The van der Waals surface area contributed by atoms with Gasteiger partial charge < -0.3 is 4.57 Å². The third kappa shape index (κ3) is 2.59. The van der Waals surface area contributed by atoms with Crippen molar-refractivity contribution in [1.29, 1.82) is 0 Å². The van der Waals surface area contributed by atoms with Crippen LogP contribution in [0.25, 0.3) is 11.0 Å². The van der Waals surface area contributed by atoms with Crippen molar-refractivity contribution in [2.75, 3.05) is 5.32 Å². The lowest BCUT2D eigenvalue weighted by atomic mass is 10.3. The normalized spacial score (nSPS) is 11.0. The van der Waals surface area contributed by atoms with Crippen molar-refractivity contribution in [3.05, 3.63) is 42.2 Å². The highest BCUT2D eigenvalue weighted by atomic mass is 16.2. The van der Waals surface area contributed by atoms with E-state index in [4.69, 9.17) is 0 Å². The second kappa shape index (κ2) is 6.01. The van der Waals surface area contributed by atoms with Crippen molar-refractivity contribution >= 4 is 22.9 Å². The summed E-state index contributed by atoms with van der Waals surface area (Å²) < 4.78 is 3.76. The van der Waals surface area contributed by atoms with Gasteiger partial charge in [0.05, 0.1) is 11.0 Å². The molecule has 3 rings (SSSR count). The SMILES string of the molecule is CCCn1c(NC(=O)c2ccn(CC)n2)nc2ccccc21. The monoisotopic (exact) mass is 297 g/mol. The van der Waals surface area contributed by atoms with Crippen molar-refractivity contribution in [2.24, 2.45) is 0 Å². The highest BCUT2D eigenvalue weighted by Crippen LogP contribution is 2.20. The quantitative estimate of drug-likeness (QED) is 0.787. The molecule has 0 bridgehead atoms. The zero-order chi connectivity index (χ0) is 15.5. The number of aryl methyl sites for hydroxylation is 2. The Morgan fingerprint density at radius 3 is 2.77 bits per heavy atom. The molecule has 0 radical (unpaired) electrons. The summed E-state index contributed by atoms with van der Waals surface area (Å²) in [5, 5.41) is 7.10. The molecule has 0 aliphatic carbocycles. The molecule has 0 spiro atoms. The second-order valence-corrected chi connectivity index (χ2v) is 5.09.